The second-order valence-corrected chi connectivity index (χ2v) is 5.16. The third-order valence-corrected chi connectivity index (χ3v) is 3.63. The van der Waals surface area contributed by atoms with Crippen LogP contribution in [-0.4, -0.2) is 5.16 Å². The molecule has 21 heavy (non-hydrogen) atoms. The minimum Gasteiger partial charge on any atom is -0.360 e. The van der Waals surface area contributed by atoms with Crippen LogP contribution in [0.5, 0.6) is 0 Å². The Morgan fingerprint density at radius 1 is 0.857 bits per heavy atom. The minimum absolute atomic E-state index is 0.931. The highest BCUT2D eigenvalue weighted by Gasteiger charge is 2.18. The fourth-order valence-corrected chi connectivity index (χ4v) is 2.53. The van der Waals surface area contributed by atoms with E-state index in [4.69, 9.17) is 4.52 Å². The molecule has 0 unspecified atom stereocenters. The van der Waals surface area contributed by atoms with Gasteiger partial charge in [-0.05, 0) is 12.0 Å². The summed E-state index contributed by atoms with van der Waals surface area (Å²) >= 11 is 0. The predicted octanol–water partition coefficient (Wildman–Crippen LogP) is 5.35. The molecule has 0 saturated heterocycles. The molecule has 0 atom stereocenters. The van der Waals surface area contributed by atoms with Crippen LogP contribution in [0.2, 0.25) is 0 Å². The number of nitrogens with zero attached hydrogens (tertiary/aromatic N) is 1. The molecule has 2 aromatic carbocycles. The first-order chi connectivity index (χ1) is 10.4. The second-order valence-electron chi connectivity index (χ2n) is 5.16. The van der Waals surface area contributed by atoms with Crippen molar-refractivity contribution in [3.05, 3.63) is 66.4 Å². The lowest BCUT2D eigenvalue weighted by molar-refractivity contribution is 0.383. The van der Waals surface area contributed by atoms with Crippen molar-refractivity contribution >= 4 is 0 Å². The smallest absolute Gasteiger partial charge is 0.145 e. The molecule has 1 heterocycles. The number of unbranched alkanes of at least 4 members (excludes halogenated alkanes) is 1. The molecule has 0 saturated carbocycles. The third-order valence-electron chi connectivity index (χ3n) is 3.63. The first kappa shape index (κ1) is 13.6. The number of benzene rings is 2. The van der Waals surface area contributed by atoms with E-state index >= 15 is 0 Å². The highest BCUT2D eigenvalue weighted by Crippen LogP contribution is 2.35. The molecule has 3 rings (SSSR count). The SMILES string of the molecule is CCCCc1onc(-c2ccccc2)c1-c1ccccc1. The Labute approximate surface area is 125 Å². The Hall–Kier alpha value is -2.35. The summed E-state index contributed by atoms with van der Waals surface area (Å²) in [7, 11) is 0. The van der Waals surface area contributed by atoms with Gasteiger partial charge >= 0.3 is 0 Å². The zero-order valence-corrected chi connectivity index (χ0v) is 12.3. The van der Waals surface area contributed by atoms with Crippen LogP contribution in [0.1, 0.15) is 25.5 Å². The summed E-state index contributed by atoms with van der Waals surface area (Å²) in [5.74, 6) is 0.988. The second kappa shape index (κ2) is 6.40. The molecule has 0 radical (unpaired) electrons. The first-order valence-electron chi connectivity index (χ1n) is 7.49. The Kier molecular flexibility index (Phi) is 4.15. The lowest BCUT2D eigenvalue weighted by atomic mass is 9.97. The molecule has 0 aliphatic rings. The van der Waals surface area contributed by atoms with Gasteiger partial charge in [-0.2, -0.15) is 0 Å². The van der Waals surface area contributed by atoms with E-state index in [9.17, 15) is 0 Å². The molecule has 0 fully saturated rings. The highest BCUT2D eigenvalue weighted by molar-refractivity contribution is 5.81. The zero-order valence-electron chi connectivity index (χ0n) is 12.3. The van der Waals surface area contributed by atoms with Gasteiger partial charge in [0.25, 0.3) is 0 Å². The van der Waals surface area contributed by atoms with Crippen LogP contribution in [0.25, 0.3) is 22.4 Å². The van der Waals surface area contributed by atoms with Crippen molar-refractivity contribution in [1.82, 2.24) is 5.16 Å². The Morgan fingerprint density at radius 3 is 2.10 bits per heavy atom. The van der Waals surface area contributed by atoms with E-state index in [1.807, 2.05) is 24.3 Å². The molecule has 0 aliphatic heterocycles. The monoisotopic (exact) mass is 277 g/mol. The summed E-state index contributed by atoms with van der Waals surface area (Å²) < 4.78 is 5.66. The van der Waals surface area contributed by atoms with Crippen molar-refractivity contribution in [3.63, 3.8) is 0 Å². The van der Waals surface area contributed by atoms with Gasteiger partial charge in [-0.15, -0.1) is 0 Å². The van der Waals surface area contributed by atoms with Crippen LogP contribution in [0.3, 0.4) is 0 Å². The molecular weight excluding hydrogens is 258 g/mol. The molecule has 1 aromatic heterocycles. The molecule has 0 N–H and O–H groups in total. The summed E-state index contributed by atoms with van der Waals surface area (Å²) in [6, 6.07) is 20.6. The quantitative estimate of drug-likeness (QED) is 0.628. The van der Waals surface area contributed by atoms with Crippen LogP contribution in [0.4, 0.5) is 0 Å². The number of hydrogen-bond donors (Lipinski definition) is 0. The van der Waals surface area contributed by atoms with E-state index in [-0.39, 0.29) is 0 Å². The lowest BCUT2D eigenvalue weighted by Crippen LogP contribution is -1.88. The summed E-state index contributed by atoms with van der Waals surface area (Å²) in [5.41, 5.74) is 4.34. The van der Waals surface area contributed by atoms with E-state index in [0.717, 1.165) is 41.8 Å². The van der Waals surface area contributed by atoms with Gasteiger partial charge in [-0.3, -0.25) is 0 Å². The standard InChI is InChI=1S/C19H19NO/c1-2-3-14-17-18(15-10-6-4-7-11-15)19(20-21-17)16-12-8-5-9-13-16/h4-13H,2-3,14H2,1H3. The number of aryl methyl sites for hydroxylation is 1. The number of rotatable bonds is 5. The summed E-state index contributed by atoms with van der Waals surface area (Å²) in [6.45, 7) is 2.19. The largest absolute Gasteiger partial charge is 0.360 e. The zero-order chi connectivity index (χ0) is 14.5. The highest BCUT2D eigenvalue weighted by atomic mass is 16.5. The van der Waals surface area contributed by atoms with Gasteiger partial charge in [0.05, 0.1) is 5.56 Å². The number of hydrogen-bond acceptors (Lipinski definition) is 2. The van der Waals surface area contributed by atoms with Crippen LogP contribution in [-0.2, 0) is 6.42 Å². The Bertz CT molecular complexity index is 686. The first-order valence-corrected chi connectivity index (χ1v) is 7.49. The molecule has 0 spiro atoms. The van der Waals surface area contributed by atoms with E-state index < -0.39 is 0 Å². The van der Waals surface area contributed by atoms with E-state index in [0.29, 0.717) is 0 Å². The lowest BCUT2D eigenvalue weighted by Gasteiger charge is -2.04. The van der Waals surface area contributed by atoms with Gasteiger partial charge in [0.1, 0.15) is 11.5 Å². The summed E-state index contributed by atoms with van der Waals surface area (Å²) in [5, 5.41) is 4.34. The molecule has 2 heteroatoms. The van der Waals surface area contributed by atoms with Gasteiger partial charge in [-0.1, -0.05) is 79.2 Å². The molecule has 0 bridgehead atoms. The molecule has 2 nitrogen and oxygen atoms in total. The van der Waals surface area contributed by atoms with Gasteiger partial charge in [0.15, 0.2) is 0 Å². The van der Waals surface area contributed by atoms with Crippen molar-refractivity contribution in [2.75, 3.05) is 0 Å². The van der Waals surface area contributed by atoms with Crippen LogP contribution in [0.15, 0.2) is 65.2 Å². The maximum absolute atomic E-state index is 5.66. The van der Waals surface area contributed by atoms with Crippen molar-refractivity contribution in [1.29, 1.82) is 0 Å². The fourth-order valence-electron chi connectivity index (χ4n) is 2.53. The molecular formula is C19H19NO. The van der Waals surface area contributed by atoms with Crippen LogP contribution >= 0.6 is 0 Å². The molecule has 0 amide bonds. The van der Waals surface area contributed by atoms with E-state index in [1.165, 1.54) is 5.56 Å². The summed E-state index contributed by atoms with van der Waals surface area (Å²) in [6.07, 6.45) is 3.19. The van der Waals surface area contributed by atoms with Crippen LogP contribution < -0.4 is 0 Å². The van der Waals surface area contributed by atoms with Gasteiger partial charge in [0, 0.05) is 12.0 Å². The molecule has 3 aromatic rings. The molecule has 0 aliphatic carbocycles. The van der Waals surface area contributed by atoms with E-state index in [1.54, 1.807) is 0 Å². The maximum Gasteiger partial charge on any atom is 0.145 e. The predicted molar refractivity (Wildman–Crippen MR) is 86.0 cm³/mol. The summed E-state index contributed by atoms with van der Waals surface area (Å²) in [4.78, 5) is 0. The van der Waals surface area contributed by atoms with Crippen LogP contribution in [0, 0.1) is 0 Å². The van der Waals surface area contributed by atoms with Gasteiger partial charge < -0.3 is 4.52 Å². The number of aromatic nitrogens is 1. The van der Waals surface area contributed by atoms with Crippen molar-refractivity contribution in [2.24, 2.45) is 0 Å². The Balaban J connectivity index is 2.11. The third kappa shape index (κ3) is 2.89. The van der Waals surface area contributed by atoms with Gasteiger partial charge in [0.2, 0.25) is 0 Å². The van der Waals surface area contributed by atoms with Crippen molar-refractivity contribution in [2.45, 2.75) is 26.2 Å². The maximum atomic E-state index is 5.66. The molecule has 106 valence electrons. The fraction of sp³-hybridized carbons (Fsp3) is 0.211. The topological polar surface area (TPSA) is 26.0 Å². The van der Waals surface area contributed by atoms with E-state index in [2.05, 4.69) is 48.5 Å². The minimum atomic E-state index is 0.931. The Morgan fingerprint density at radius 2 is 1.48 bits per heavy atom. The van der Waals surface area contributed by atoms with Crippen molar-refractivity contribution < 1.29 is 4.52 Å². The normalized spacial score (nSPS) is 10.7. The van der Waals surface area contributed by atoms with Crippen molar-refractivity contribution in [3.8, 4) is 22.4 Å². The van der Waals surface area contributed by atoms with Gasteiger partial charge in [-0.25, -0.2) is 0 Å². The average Bonchev–Trinajstić information content (AvgIpc) is 2.98. The average molecular weight is 277 g/mol.